The zero-order valence-corrected chi connectivity index (χ0v) is 11.5. The molecule has 0 bridgehead atoms. The highest BCUT2D eigenvalue weighted by atomic mass is 32.2. The largest absolute Gasteiger partial charge is 0.493 e. The fourth-order valence-electron chi connectivity index (χ4n) is 2.35. The van der Waals surface area contributed by atoms with E-state index in [-0.39, 0.29) is 0 Å². The van der Waals surface area contributed by atoms with E-state index < -0.39 is 0 Å². The predicted octanol–water partition coefficient (Wildman–Crippen LogP) is 3.27. The first-order valence-corrected chi connectivity index (χ1v) is 7.49. The number of ether oxygens (including phenoxy) is 1. The van der Waals surface area contributed by atoms with Crippen LogP contribution in [-0.2, 0) is 0 Å². The van der Waals surface area contributed by atoms with Gasteiger partial charge in [-0.3, -0.25) is 0 Å². The average Bonchev–Trinajstić information content (AvgIpc) is 2.76. The molecule has 1 aliphatic heterocycles. The molecule has 2 rings (SSSR count). The lowest BCUT2D eigenvalue weighted by Crippen LogP contribution is -2.26. The van der Waals surface area contributed by atoms with E-state index in [4.69, 9.17) is 4.74 Å². The van der Waals surface area contributed by atoms with Crippen LogP contribution in [0.4, 0.5) is 0 Å². The molecule has 0 saturated carbocycles. The van der Waals surface area contributed by atoms with Gasteiger partial charge in [0.25, 0.3) is 0 Å². The molecule has 0 N–H and O–H groups in total. The quantitative estimate of drug-likeness (QED) is 0.745. The van der Waals surface area contributed by atoms with Crippen LogP contribution in [0.2, 0.25) is 0 Å². The molecule has 1 aliphatic rings. The van der Waals surface area contributed by atoms with E-state index in [1.165, 1.54) is 24.3 Å². The molecule has 0 radical (unpaired) electrons. The minimum atomic E-state index is 0.721. The van der Waals surface area contributed by atoms with Gasteiger partial charge in [-0.15, -0.1) is 11.8 Å². The van der Waals surface area contributed by atoms with Crippen molar-refractivity contribution in [2.45, 2.75) is 30.2 Å². The first-order chi connectivity index (χ1) is 8.29. The molecule has 1 unspecified atom stereocenters. The van der Waals surface area contributed by atoms with Crippen LogP contribution in [0.15, 0.2) is 29.2 Å². The number of benzene rings is 1. The molecule has 1 atom stereocenters. The third-order valence-corrected chi connectivity index (χ3v) is 4.16. The van der Waals surface area contributed by atoms with Gasteiger partial charge in [-0.1, -0.05) is 6.07 Å². The Bertz CT molecular complexity index is 356. The molecule has 0 aromatic heterocycles. The maximum Gasteiger partial charge on any atom is 0.120 e. The van der Waals surface area contributed by atoms with E-state index in [1.54, 1.807) is 11.8 Å². The standard InChI is InChI=1S/C14H21NOS/c1-15-9-4-5-12(15)8-10-16-13-6-3-7-14(11-13)17-2/h3,6-7,11-12H,4-5,8-10H2,1-2H3. The van der Waals surface area contributed by atoms with Gasteiger partial charge in [0.2, 0.25) is 0 Å². The molecule has 1 saturated heterocycles. The number of likely N-dealkylation sites (tertiary alicyclic amines) is 1. The van der Waals surface area contributed by atoms with Crippen LogP contribution in [-0.4, -0.2) is 37.4 Å². The molecular weight excluding hydrogens is 230 g/mol. The van der Waals surface area contributed by atoms with Crippen molar-refractivity contribution in [2.75, 3.05) is 26.5 Å². The Hall–Kier alpha value is -0.670. The van der Waals surface area contributed by atoms with Gasteiger partial charge in [0.15, 0.2) is 0 Å². The lowest BCUT2D eigenvalue weighted by atomic mass is 10.1. The van der Waals surface area contributed by atoms with Crippen molar-refractivity contribution in [1.82, 2.24) is 4.90 Å². The minimum absolute atomic E-state index is 0.721. The highest BCUT2D eigenvalue weighted by molar-refractivity contribution is 7.98. The highest BCUT2D eigenvalue weighted by Gasteiger charge is 2.20. The maximum atomic E-state index is 5.82. The Labute approximate surface area is 108 Å². The van der Waals surface area contributed by atoms with E-state index in [0.29, 0.717) is 0 Å². The third kappa shape index (κ3) is 3.65. The SMILES string of the molecule is CSc1cccc(OCCC2CCCN2C)c1. The molecule has 17 heavy (non-hydrogen) atoms. The molecule has 1 aromatic carbocycles. The Morgan fingerprint density at radius 2 is 2.35 bits per heavy atom. The van der Waals surface area contributed by atoms with Gasteiger partial charge in [-0.25, -0.2) is 0 Å². The monoisotopic (exact) mass is 251 g/mol. The summed E-state index contributed by atoms with van der Waals surface area (Å²) in [7, 11) is 2.21. The number of nitrogens with zero attached hydrogens (tertiary/aromatic N) is 1. The van der Waals surface area contributed by atoms with Crippen molar-refractivity contribution in [3.63, 3.8) is 0 Å². The van der Waals surface area contributed by atoms with Gasteiger partial charge >= 0.3 is 0 Å². The first kappa shape index (κ1) is 12.8. The molecule has 1 heterocycles. The molecule has 0 amide bonds. The summed E-state index contributed by atoms with van der Waals surface area (Å²) in [6.07, 6.45) is 5.89. The van der Waals surface area contributed by atoms with Crippen LogP contribution >= 0.6 is 11.8 Å². The number of thioether (sulfide) groups is 1. The molecule has 1 fully saturated rings. The second-order valence-corrected chi connectivity index (χ2v) is 5.47. The Morgan fingerprint density at radius 1 is 1.47 bits per heavy atom. The van der Waals surface area contributed by atoms with Gasteiger partial charge in [-0.2, -0.15) is 0 Å². The summed E-state index contributed by atoms with van der Waals surface area (Å²) < 4.78 is 5.82. The van der Waals surface area contributed by atoms with Crippen LogP contribution in [0.25, 0.3) is 0 Å². The summed E-state index contributed by atoms with van der Waals surface area (Å²) in [5.74, 6) is 0.998. The zero-order valence-electron chi connectivity index (χ0n) is 10.7. The van der Waals surface area contributed by atoms with E-state index in [0.717, 1.165) is 24.8 Å². The summed E-state index contributed by atoms with van der Waals surface area (Å²) in [5, 5.41) is 0. The minimum Gasteiger partial charge on any atom is -0.493 e. The van der Waals surface area contributed by atoms with Crippen molar-refractivity contribution in [3.8, 4) is 5.75 Å². The number of rotatable bonds is 5. The van der Waals surface area contributed by atoms with Gasteiger partial charge in [0.05, 0.1) is 6.61 Å². The van der Waals surface area contributed by atoms with Crippen LogP contribution < -0.4 is 4.74 Å². The summed E-state index contributed by atoms with van der Waals surface area (Å²) in [6, 6.07) is 9.05. The molecule has 0 spiro atoms. The van der Waals surface area contributed by atoms with Crippen LogP contribution in [0.3, 0.4) is 0 Å². The predicted molar refractivity (Wildman–Crippen MR) is 74.0 cm³/mol. The van der Waals surface area contributed by atoms with Crippen molar-refractivity contribution in [2.24, 2.45) is 0 Å². The van der Waals surface area contributed by atoms with Gasteiger partial charge in [0.1, 0.15) is 5.75 Å². The zero-order chi connectivity index (χ0) is 12.1. The van der Waals surface area contributed by atoms with E-state index in [1.807, 2.05) is 6.07 Å². The van der Waals surface area contributed by atoms with Crippen LogP contribution in [0.5, 0.6) is 5.75 Å². The van der Waals surface area contributed by atoms with Crippen LogP contribution in [0.1, 0.15) is 19.3 Å². The Morgan fingerprint density at radius 3 is 3.06 bits per heavy atom. The fourth-order valence-corrected chi connectivity index (χ4v) is 2.80. The van der Waals surface area contributed by atoms with E-state index in [9.17, 15) is 0 Å². The fraction of sp³-hybridized carbons (Fsp3) is 0.571. The molecular formula is C14H21NOS. The van der Waals surface area contributed by atoms with E-state index >= 15 is 0 Å². The van der Waals surface area contributed by atoms with Crippen molar-refractivity contribution >= 4 is 11.8 Å². The summed E-state index contributed by atoms with van der Waals surface area (Å²) >= 11 is 1.75. The van der Waals surface area contributed by atoms with Crippen molar-refractivity contribution in [3.05, 3.63) is 24.3 Å². The van der Waals surface area contributed by atoms with Crippen LogP contribution in [0, 0.1) is 0 Å². The second-order valence-electron chi connectivity index (χ2n) is 4.59. The second kappa shape index (κ2) is 6.31. The molecule has 3 heteroatoms. The van der Waals surface area contributed by atoms with Crippen molar-refractivity contribution in [1.29, 1.82) is 0 Å². The molecule has 2 nitrogen and oxygen atoms in total. The summed E-state index contributed by atoms with van der Waals surface area (Å²) in [4.78, 5) is 3.71. The normalized spacial score (nSPS) is 20.7. The molecule has 94 valence electrons. The summed E-state index contributed by atoms with van der Waals surface area (Å²) in [5.41, 5.74) is 0. The van der Waals surface area contributed by atoms with Gasteiger partial charge in [-0.05, 0) is 57.3 Å². The third-order valence-electron chi connectivity index (χ3n) is 3.43. The smallest absolute Gasteiger partial charge is 0.120 e. The Balaban J connectivity index is 1.77. The summed E-state index contributed by atoms with van der Waals surface area (Å²) in [6.45, 7) is 2.07. The van der Waals surface area contributed by atoms with Gasteiger partial charge < -0.3 is 9.64 Å². The first-order valence-electron chi connectivity index (χ1n) is 6.26. The Kier molecular flexibility index (Phi) is 4.75. The average molecular weight is 251 g/mol. The number of hydrogen-bond acceptors (Lipinski definition) is 3. The lowest BCUT2D eigenvalue weighted by molar-refractivity contribution is 0.233. The van der Waals surface area contributed by atoms with Gasteiger partial charge in [0, 0.05) is 10.9 Å². The van der Waals surface area contributed by atoms with E-state index in [2.05, 4.69) is 36.4 Å². The van der Waals surface area contributed by atoms with Crippen molar-refractivity contribution < 1.29 is 4.74 Å². The highest BCUT2D eigenvalue weighted by Crippen LogP contribution is 2.22. The molecule has 1 aromatic rings. The lowest BCUT2D eigenvalue weighted by Gasteiger charge is -2.19. The number of hydrogen-bond donors (Lipinski definition) is 0. The topological polar surface area (TPSA) is 12.5 Å². The molecule has 0 aliphatic carbocycles. The maximum absolute atomic E-state index is 5.82.